The maximum Gasteiger partial charge on any atom is 0.276 e. The number of nitrogens with zero attached hydrogens (tertiary/aromatic N) is 2. The van der Waals surface area contributed by atoms with Gasteiger partial charge in [0.15, 0.2) is 0 Å². The number of amides is 1. The van der Waals surface area contributed by atoms with Crippen LogP contribution in [0, 0.1) is 0 Å². The molecule has 24 heavy (non-hydrogen) atoms. The Balaban J connectivity index is 1.95. The molecule has 1 aromatic rings. The van der Waals surface area contributed by atoms with E-state index in [2.05, 4.69) is 15.6 Å². The van der Waals surface area contributed by atoms with Crippen molar-refractivity contribution in [3.8, 4) is 0 Å². The van der Waals surface area contributed by atoms with E-state index in [4.69, 9.17) is 5.73 Å². The third kappa shape index (κ3) is 2.93. The first-order chi connectivity index (χ1) is 11.4. The monoisotopic (exact) mass is 329 g/mol. The molecule has 1 fully saturated rings. The average Bonchev–Trinajstić information content (AvgIpc) is 3.08. The van der Waals surface area contributed by atoms with Gasteiger partial charge in [-0.2, -0.15) is 0 Å². The molecule has 1 aromatic heterocycles. The number of hydrogen-bond donors (Lipinski definition) is 3. The van der Waals surface area contributed by atoms with Crippen LogP contribution in [-0.2, 0) is 5.66 Å². The van der Waals surface area contributed by atoms with Crippen LogP contribution >= 0.6 is 0 Å². The molecule has 0 aromatic carbocycles. The van der Waals surface area contributed by atoms with Crippen molar-refractivity contribution in [2.45, 2.75) is 51.2 Å². The Bertz CT molecular complexity index is 770. The number of carbonyl (C=O) groups is 1. The number of fused-ring (bicyclic) bond motifs is 1. The van der Waals surface area contributed by atoms with Gasteiger partial charge in [-0.3, -0.25) is 19.1 Å². The smallest absolute Gasteiger partial charge is 0.276 e. The van der Waals surface area contributed by atoms with Gasteiger partial charge in [0, 0.05) is 0 Å². The fourth-order valence-electron chi connectivity index (χ4n) is 3.34. The minimum absolute atomic E-state index is 0.245. The van der Waals surface area contributed by atoms with Gasteiger partial charge < -0.3 is 16.4 Å². The Hall–Kier alpha value is -2.57. The first-order valence-corrected chi connectivity index (χ1v) is 8.24. The molecule has 1 aliphatic carbocycles. The van der Waals surface area contributed by atoms with Crippen molar-refractivity contribution in [3.63, 3.8) is 0 Å². The van der Waals surface area contributed by atoms with Crippen LogP contribution in [0.15, 0.2) is 34.2 Å². The van der Waals surface area contributed by atoms with Crippen LogP contribution in [0.25, 0.3) is 0 Å². The second-order valence-corrected chi connectivity index (χ2v) is 6.72. The summed E-state index contributed by atoms with van der Waals surface area (Å²) in [6.07, 6.45) is 7.52. The quantitative estimate of drug-likeness (QED) is 0.578. The number of aromatic nitrogens is 1. The van der Waals surface area contributed by atoms with Gasteiger partial charge in [0.1, 0.15) is 22.9 Å². The van der Waals surface area contributed by atoms with E-state index in [-0.39, 0.29) is 17.5 Å². The molecule has 2 heterocycles. The van der Waals surface area contributed by atoms with E-state index in [1.54, 1.807) is 32.1 Å². The van der Waals surface area contributed by atoms with E-state index in [1.165, 1.54) is 23.6 Å². The molecule has 2 aliphatic rings. The summed E-state index contributed by atoms with van der Waals surface area (Å²) in [5.74, 6) is 0.322. The molecule has 0 spiro atoms. The molecule has 0 saturated heterocycles. The van der Waals surface area contributed by atoms with Crippen molar-refractivity contribution in [2.75, 3.05) is 5.32 Å². The predicted octanol–water partition coefficient (Wildman–Crippen LogP) is 1.51. The molecule has 1 aliphatic heterocycles. The molecule has 128 valence electrons. The number of carbonyl (C=O) groups excluding carboxylic acids is 1. The van der Waals surface area contributed by atoms with E-state index < -0.39 is 5.66 Å². The molecule has 3 rings (SSSR count). The average molecular weight is 329 g/mol. The highest BCUT2D eigenvalue weighted by Gasteiger charge is 2.36. The zero-order valence-corrected chi connectivity index (χ0v) is 14.0. The Morgan fingerprint density at radius 2 is 2.08 bits per heavy atom. The molecule has 7 heteroatoms. The predicted molar refractivity (Wildman–Crippen MR) is 94.1 cm³/mol. The Morgan fingerprint density at radius 1 is 1.38 bits per heavy atom. The number of nitrogens with one attached hydrogen (secondary N) is 2. The summed E-state index contributed by atoms with van der Waals surface area (Å²) in [5.41, 5.74) is 5.22. The fourth-order valence-corrected chi connectivity index (χ4v) is 3.34. The van der Waals surface area contributed by atoms with Crippen LogP contribution < -0.4 is 21.9 Å². The second-order valence-electron chi connectivity index (χ2n) is 6.72. The zero-order valence-electron chi connectivity index (χ0n) is 14.0. The summed E-state index contributed by atoms with van der Waals surface area (Å²) >= 11 is 0. The SMILES string of the molecule is CC1(C)NC(=O)c2ccc(NC(/C=C\N)=NC3CCCC3)c(=O)n21. The van der Waals surface area contributed by atoms with Gasteiger partial charge in [-0.1, -0.05) is 12.8 Å². The first-order valence-electron chi connectivity index (χ1n) is 8.24. The minimum atomic E-state index is -0.756. The maximum absolute atomic E-state index is 12.8. The third-order valence-electron chi connectivity index (χ3n) is 4.46. The number of rotatable bonds is 3. The zero-order chi connectivity index (χ0) is 17.3. The standard InChI is InChI=1S/C17H23N5O2/c1-17(2)21-15(23)13-8-7-12(16(24)22(13)17)20-14(9-10-18)19-11-5-3-4-6-11/h7-11H,3-6,18H2,1-2H3,(H,19,20)(H,21,23)/b10-9-. The van der Waals surface area contributed by atoms with E-state index in [9.17, 15) is 9.59 Å². The van der Waals surface area contributed by atoms with Crippen molar-refractivity contribution < 1.29 is 4.79 Å². The Labute approximate surface area is 140 Å². The molecule has 0 bridgehead atoms. The molecule has 0 unspecified atom stereocenters. The molecule has 7 nitrogen and oxygen atoms in total. The lowest BCUT2D eigenvalue weighted by atomic mass is 10.2. The van der Waals surface area contributed by atoms with E-state index >= 15 is 0 Å². The van der Waals surface area contributed by atoms with Crippen molar-refractivity contribution in [3.05, 3.63) is 40.5 Å². The van der Waals surface area contributed by atoms with Crippen molar-refractivity contribution in [1.29, 1.82) is 0 Å². The van der Waals surface area contributed by atoms with Crippen LogP contribution in [0.5, 0.6) is 0 Å². The first kappa shape index (κ1) is 16.3. The maximum atomic E-state index is 12.8. The number of pyridine rings is 1. The summed E-state index contributed by atoms with van der Waals surface area (Å²) in [6.45, 7) is 3.58. The van der Waals surface area contributed by atoms with Gasteiger partial charge in [-0.25, -0.2) is 0 Å². The summed E-state index contributed by atoms with van der Waals surface area (Å²) in [7, 11) is 0. The van der Waals surface area contributed by atoms with Crippen LogP contribution in [0.4, 0.5) is 5.69 Å². The van der Waals surface area contributed by atoms with Gasteiger partial charge in [0.25, 0.3) is 11.5 Å². The largest absolute Gasteiger partial charge is 0.404 e. The number of anilines is 1. The summed E-state index contributed by atoms with van der Waals surface area (Å²) in [5, 5.41) is 5.86. The Kier molecular flexibility index (Phi) is 4.17. The number of amidine groups is 1. The van der Waals surface area contributed by atoms with Gasteiger partial charge in [-0.15, -0.1) is 0 Å². The molecule has 4 N–H and O–H groups in total. The number of hydrogen-bond acceptors (Lipinski definition) is 4. The van der Waals surface area contributed by atoms with Crippen LogP contribution in [-0.4, -0.2) is 22.4 Å². The normalized spacial score (nSPS) is 20.4. The molecular formula is C17H23N5O2. The highest BCUT2D eigenvalue weighted by molar-refractivity contribution is 6.04. The molecule has 0 radical (unpaired) electrons. The highest BCUT2D eigenvalue weighted by Crippen LogP contribution is 2.22. The van der Waals surface area contributed by atoms with E-state index in [1.807, 2.05) is 0 Å². The van der Waals surface area contributed by atoms with Crippen LogP contribution in [0.2, 0.25) is 0 Å². The lowest BCUT2D eigenvalue weighted by molar-refractivity contribution is 0.0935. The number of nitrogens with two attached hydrogens (primary N) is 1. The van der Waals surface area contributed by atoms with Crippen LogP contribution in [0.1, 0.15) is 50.0 Å². The van der Waals surface area contributed by atoms with Crippen LogP contribution in [0.3, 0.4) is 0 Å². The van der Waals surface area contributed by atoms with Gasteiger partial charge in [-0.05, 0) is 51.1 Å². The summed E-state index contributed by atoms with van der Waals surface area (Å²) in [4.78, 5) is 29.4. The van der Waals surface area contributed by atoms with E-state index in [0.29, 0.717) is 17.2 Å². The second kappa shape index (κ2) is 6.14. The van der Waals surface area contributed by atoms with Gasteiger partial charge >= 0.3 is 0 Å². The molecular weight excluding hydrogens is 306 g/mol. The van der Waals surface area contributed by atoms with Crippen molar-refractivity contribution >= 4 is 17.4 Å². The van der Waals surface area contributed by atoms with Gasteiger partial charge in [0.05, 0.1) is 6.04 Å². The Morgan fingerprint density at radius 3 is 2.75 bits per heavy atom. The van der Waals surface area contributed by atoms with Crippen molar-refractivity contribution in [1.82, 2.24) is 9.88 Å². The molecule has 1 saturated carbocycles. The molecule has 0 atom stereocenters. The summed E-state index contributed by atoms with van der Waals surface area (Å²) < 4.78 is 1.47. The van der Waals surface area contributed by atoms with Gasteiger partial charge in [0.2, 0.25) is 0 Å². The van der Waals surface area contributed by atoms with E-state index in [0.717, 1.165) is 12.8 Å². The summed E-state index contributed by atoms with van der Waals surface area (Å²) in [6, 6.07) is 3.53. The third-order valence-corrected chi connectivity index (χ3v) is 4.46. The number of aliphatic imine (C=N–C) groups is 1. The lowest BCUT2D eigenvalue weighted by Gasteiger charge is -2.22. The minimum Gasteiger partial charge on any atom is -0.404 e. The molecule has 1 amide bonds. The topological polar surface area (TPSA) is 102 Å². The lowest BCUT2D eigenvalue weighted by Crippen LogP contribution is -2.42. The van der Waals surface area contributed by atoms with Crippen molar-refractivity contribution in [2.24, 2.45) is 10.7 Å². The highest BCUT2D eigenvalue weighted by atomic mass is 16.2. The fraction of sp³-hybridized carbons (Fsp3) is 0.471.